The molecular weight excluding hydrogens is 436 g/mol. The fourth-order valence-electron chi connectivity index (χ4n) is 4.44. The van der Waals surface area contributed by atoms with Gasteiger partial charge in [0.05, 0.1) is 24.4 Å². The molecule has 32 heavy (non-hydrogen) atoms. The normalized spacial score (nSPS) is 18.6. The third-order valence-electron chi connectivity index (χ3n) is 6.50. The molecule has 0 bridgehead atoms. The number of benzene rings is 1. The molecule has 7 heteroatoms. The van der Waals surface area contributed by atoms with E-state index >= 15 is 0 Å². The van der Waals surface area contributed by atoms with Gasteiger partial charge in [0.1, 0.15) is 6.61 Å². The zero-order valence-corrected chi connectivity index (χ0v) is 23.6. The molecule has 1 heterocycles. The second-order valence-corrected chi connectivity index (χ2v) is 19.0. The Morgan fingerprint density at radius 3 is 1.97 bits per heavy atom. The standard InChI is InChI=1S/C25H44O5Si2/c1-17(2)31(18(3)4)30-32(19(5)6,20(7)8)29-24(21(9)23-15-27-23)16-28-25(26)22-13-11-10-12-14-22/h10-14,17-21,23-24,31H,15-16H2,1-9H3/t21-,23+,24+/m0/s1. The first-order valence-corrected chi connectivity index (χ1v) is 16.0. The highest BCUT2D eigenvalue weighted by Gasteiger charge is 2.51. The second kappa shape index (κ2) is 11.9. The maximum absolute atomic E-state index is 12.6. The molecule has 1 saturated heterocycles. The van der Waals surface area contributed by atoms with Gasteiger partial charge >= 0.3 is 14.5 Å². The number of ether oxygens (including phenoxy) is 2. The summed E-state index contributed by atoms with van der Waals surface area (Å²) < 4.78 is 25.5. The van der Waals surface area contributed by atoms with Crippen molar-refractivity contribution in [3.8, 4) is 0 Å². The Morgan fingerprint density at radius 1 is 1.00 bits per heavy atom. The lowest BCUT2D eigenvalue weighted by Crippen LogP contribution is -2.56. The Morgan fingerprint density at radius 2 is 1.53 bits per heavy atom. The highest BCUT2D eigenvalue weighted by molar-refractivity contribution is 6.78. The van der Waals surface area contributed by atoms with E-state index in [-0.39, 0.29) is 41.8 Å². The van der Waals surface area contributed by atoms with E-state index in [1.165, 1.54) is 0 Å². The number of esters is 1. The summed E-state index contributed by atoms with van der Waals surface area (Å²) in [6, 6.07) is 9.13. The van der Waals surface area contributed by atoms with Crippen LogP contribution in [0, 0.1) is 5.92 Å². The van der Waals surface area contributed by atoms with Gasteiger partial charge in [-0.2, -0.15) is 0 Å². The van der Waals surface area contributed by atoms with E-state index < -0.39 is 17.6 Å². The number of epoxide rings is 1. The van der Waals surface area contributed by atoms with Crippen molar-refractivity contribution in [2.24, 2.45) is 5.92 Å². The largest absolute Gasteiger partial charge is 0.459 e. The molecule has 3 atom stereocenters. The lowest BCUT2D eigenvalue weighted by Gasteiger charge is -2.45. The Bertz CT molecular complexity index is 688. The van der Waals surface area contributed by atoms with Gasteiger partial charge in [-0.25, -0.2) is 4.79 Å². The second-order valence-electron chi connectivity index (χ2n) is 10.5. The Kier molecular flexibility index (Phi) is 10.2. The van der Waals surface area contributed by atoms with E-state index in [2.05, 4.69) is 62.3 Å². The van der Waals surface area contributed by atoms with Gasteiger partial charge in [0.2, 0.25) is 0 Å². The summed E-state index contributed by atoms with van der Waals surface area (Å²) in [6.07, 6.45) is -0.0923. The topological polar surface area (TPSA) is 57.3 Å². The van der Waals surface area contributed by atoms with Crippen LogP contribution in [0.5, 0.6) is 0 Å². The fourth-order valence-corrected chi connectivity index (χ4v) is 14.9. The maximum atomic E-state index is 12.6. The molecular formula is C25H44O5Si2. The summed E-state index contributed by atoms with van der Waals surface area (Å²) in [6.45, 7) is 21.1. The summed E-state index contributed by atoms with van der Waals surface area (Å²) in [7, 11) is -4.13. The minimum Gasteiger partial charge on any atom is -0.459 e. The Balaban J connectivity index is 2.27. The van der Waals surface area contributed by atoms with Crippen molar-refractivity contribution in [3.63, 3.8) is 0 Å². The van der Waals surface area contributed by atoms with Crippen LogP contribution in [0.1, 0.15) is 72.7 Å². The highest BCUT2D eigenvalue weighted by Crippen LogP contribution is 2.41. The SMILES string of the molecule is CC(C)[SiH](O[Si](O[C@H](COC(=O)c1ccccc1)[C@@H](C)[C@H]1CO1)(C(C)C)C(C)C)C(C)C. The van der Waals surface area contributed by atoms with Crippen LogP contribution in [0.25, 0.3) is 0 Å². The number of hydrogen-bond acceptors (Lipinski definition) is 5. The Labute approximate surface area is 198 Å². The third kappa shape index (κ3) is 7.00. The minimum atomic E-state index is -2.62. The molecule has 1 aliphatic rings. The summed E-state index contributed by atoms with van der Waals surface area (Å²) >= 11 is 0. The molecule has 1 aliphatic heterocycles. The van der Waals surface area contributed by atoms with Gasteiger partial charge in [0.15, 0.2) is 9.04 Å². The number of carbonyl (C=O) groups excluding carboxylic acids is 1. The predicted molar refractivity (Wildman–Crippen MR) is 135 cm³/mol. The number of carbonyl (C=O) groups is 1. The van der Waals surface area contributed by atoms with E-state index in [0.717, 1.165) is 6.61 Å². The van der Waals surface area contributed by atoms with Gasteiger partial charge in [0.25, 0.3) is 0 Å². The predicted octanol–water partition coefficient (Wildman–Crippen LogP) is 6.09. The first kappa shape index (κ1) is 27.2. The smallest absolute Gasteiger partial charge is 0.338 e. The maximum Gasteiger partial charge on any atom is 0.338 e. The van der Waals surface area contributed by atoms with E-state index in [0.29, 0.717) is 16.6 Å². The molecule has 5 nitrogen and oxygen atoms in total. The van der Waals surface area contributed by atoms with Crippen LogP contribution in [0.15, 0.2) is 30.3 Å². The summed E-state index contributed by atoms with van der Waals surface area (Å²) in [5.74, 6) is -0.188. The summed E-state index contributed by atoms with van der Waals surface area (Å²) in [4.78, 5) is 12.6. The van der Waals surface area contributed by atoms with Crippen molar-refractivity contribution in [2.45, 2.75) is 96.7 Å². The van der Waals surface area contributed by atoms with E-state index in [9.17, 15) is 4.79 Å². The van der Waals surface area contributed by atoms with E-state index in [1.807, 2.05) is 18.2 Å². The first-order valence-electron chi connectivity index (χ1n) is 12.2. The van der Waals surface area contributed by atoms with Crippen LogP contribution < -0.4 is 0 Å². The molecule has 1 aromatic rings. The van der Waals surface area contributed by atoms with Crippen LogP contribution in [0.3, 0.4) is 0 Å². The van der Waals surface area contributed by atoms with E-state index in [4.69, 9.17) is 18.0 Å². The van der Waals surface area contributed by atoms with Crippen LogP contribution in [-0.4, -0.2) is 49.0 Å². The molecule has 2 rings (SSSR count). The van der Waals surface area contributed by atoms with Crippen molar-refractivity contribution in [1.29, 1.82) is 0 Å². The van der Waals surface area contributed by atoms with E-state index in [1.54, 1.807) is 12.1 Å². The lowest BCUT2D eigenvalue weighted by molar-refractivity contribution is 0.00305. The summed E-state index contributed by atoms with van der Waals surface area (Å²) in [5, 5.41) is 0. The first-order chi connectivity index (χ1) is 15.0. The van der Waals surface area contributed by atoms with Gasteiger partial charge in [0, 0.05) is 5.92 Å². The average Bonchev–Trinajstić information content (AvgIpc) is 3.57. The fraction of sp³-hybridized carbons (Fsp3) is 0.720. The van der Waals surface area contributed by atoms with Gasteiger partial charge < -0.3 is 18.0 Å². The van der Waals surface area contributed by atoms with Gasteiger partial charge in [-0.15, -0.1) is 0 Å². The quantitative estimate of drug-likeness (QED) is 0.194. The Hall–Kier alpha value is -0.996. The molecule has 182 valence electrons. The summed E-state index contributed by atoms with van der Waals surface area (Å²) in [5.41, 5.74) is 2.19. The molecule has 0 saturated carbocycles. The van der Waals surface area contributed by atoms with Gasteiger partial charge in [-0.05, 0) is 34.3 Å². The number of rotatable bonds is 13. The molecule has 0 aromatic heterocycles. The molecule has 0 spiro atoms. The molecule has 0 unspecified atom stereocenters. The van der Waals surface area contributed by atoms with Crippen LogP contribution in [0.2, 0.25) is 22.2 Å². The molecule has 0 aliphatic carbocycles. The van der Waals surface area contributed by atoms with Crippen LogP contribution in [-0.2, 0) is 18.0 Å². The molecule has 0 radical (unpaired) electrons. The van der Waals surface area contributed by atoms with Crippen molar-refractivity contribution < 1.29 is 22.8 Å². The molecule has 1 fully saturated rings. The molecule has 0 N–H and O–H groups in total. The lowest BCUT2D eigenvalue weighted by atomic mass is 10.0. The number of hydrogen-bond donors (Lipinski definition) is 0. The van der Waals surface area contributed by atoms with Crippen LogP contribution >= 0.6 is 0 Å². The third-order valence-corrected chi connectivity index (χ3v) is 15.6. The monoisotopic (exact) mass is 480 g/mol. The van der Waals surface area contributed by atoms with Crippen molar-refractivity contribution in [1.82, 2.24) is 0 Å². The highest BCUT2D eigenvalue weighted by atomic mass is 28.4. The van der Waals surface area contributed by atoms with Gasteiger partial charge in [-0.3, -0.25) is 0 Å². The average molecular weight is 481 g/mol. The molecule has 0 amide bonds. The zero-order valence-electron chi connectivity index (χ0n) is 21.5. The molecule has 1 aromatic carbocycles. The zero-order chi connectivity index (χ0) is 24.1. The van der Waals surface area contributed by atoms with Gasteiger partial charge in [-0.1, -0.05) is 80.5 Å². The van der Waals surface area contributed by atoms with Crippen molar-refractivity contribution >= 4 is 23.6 Å². The van der Waals surface area contributed by atoms with Crippen molar-refractivity contribution in [2.75, 3.05) is 13.2 Å². The van der Waals surface area contributed by atoms with Crippen molar-refractivity contribution in [3.05, 3.63) is 35.9 Å². The minimum absolute atomic E-state index is 0.129. The van der Waals surface area contributed by atoms with Crippen LogP contribution in [0.4, 0.5) is 0 Å².